The number of carboxylic acids is 1. The van der Waals surface area contributed by atoms with Crippen LogP contribution in [0.15, 0.2) is 0 Å². The Bertz CT molecular complexity index is 200. The fourth-order valence-corrected chi connectivity index (χ4v) is 0.717. The van der Waals surface area contributed by atoms with Crippen LogP contribution in [-0.2, 0) is 31.7 Å². The van der Waals surface area contributed by atoms with Crippen molar-refractivity contribution in [3.8, 4) is 0 Å². The standard InChI is InChI=1S/C8H12O4.Cr/c1-2-3-4-6(9)5-7(10)8(11)12;/h2-5H2,1H3,(H,11,12);. The van der Waals surface area contributed by atoms with E-state index in [9.17, 15) is 14.4 Å². The zero-order valence-corrected chi connectivity index (χ0v) is 8.68. The Labute approximate surface area is 87.4 Å². The van der Waals surface area contributed by atoms with E-state index in [-0.39, 0.29) is 23.1 Å². The van der Waals surface area contributed by atoms with Gasteiger partial charge in [0.25, 0.3) is 0 Å². The molecule has 0 aliphatic heterocycles. The molecule has 0 atom stereocenters. The Balaban J connectivity index is 0. The predicted molar refractivity (Wildman–Crippen MR) is 41.8 cm³/mol. The Kier molecular flexibility index (Phi) is 9.09. The Morgan fingerprint density at radius 1 is 1.23 bits per heavy atom. The van der Waals surface area contributed by atoms with Gasteiger partial charge in [0.1, 0.15) is 5.78 Å². The number of Topliss-reactive ketones (excluding diaryl/α,β-unsaturated/α-hetero) is 2. The molecule has 1 N–H and O–H groups in total. The van der Waals surface area contributed by atoms with Crippen molar-refractivity contribution in [3.63, 3.8) is 0 Å². The molecular formula is C8H12CrO4. The van der Waals surface area contributed by atoms with Crippen LogP contribution in [0.25, 0.3) is 0 Å². The topological polar surface area (TPSA) is 71.4 Å². The fourth-order valence-electron chi connectivity index (χ4n) is 0.717. The number of rotatable bonds is 6. The second-order valence-corrected chi connectivity index (χ2v) is 2.55. The average molecular weight is 224 g/mol. The minimum absolute atomic E-state index is 0. The van der Waals surface area contributed by atoms with E-state index in [4.69, 9.17) is 5.11 Å². The van der Waals surface area contributed by atoms with E-state index >= 15 is 0 Å². The molecule has 0 aromatic carbocycles. The first-order valence-electron chi connectivity index (χ1n) is 3.85. The van der Waals surface area contributed by atoms with Crippen molar-refractivity contribution in [1.82, 2.24) is 0 Å². The van der Waals surface area contributed by atoms with Crippen molar-refractivity contribution in [2.75, 3.05) is 0 Å². The Hall–Kier alpha value is -0.658. The van der Waals surface area contributed by atoms with E-state index in [1.165, 1.54) is 0 Å². The fraction of sp³-hybridized carbons (Fsp3) is 0.625. The molecule has 0 saturated heterocycles. The Morgan fingerprint density at radius 2 is 1.77 bits per heavy atom. The minimum atomic E-state index is -1.53. The largest absolute Gasteiger partial charge is 0.475 e. The number of hydrogen-bond donors (Lipinski definition) is 1. The minimum Gasteiger partial charge on any atom is -0.475 e. The van der Waals surface area contributed by atoms with Gasteiger partial charge in [-0.1, -0.05) is 13.3 Å². The zero-order valence-electron chi connectivity index (χ0n) is 7.41. The van der Waals surface area contributed by atoms with Crippen LogP contribution in [-0.4, -0.2) is 22.6 Å². The monoisotopic (exact) mass is 224 g/mol. The van der Waals surface area contributed by atoms with Crippen molar-refractivity contribution < 1.29 is 36.9 Å². The van der Waals surface area contributed by atoms with Gasteiger partial charge in [0, 0.05) is 23.8 Å². The van der Waals surface area contributed by atoms with E-state index in [1.54, 1.807) is 0 Å². The van der Waals surface area contributed by atoms with Crippen LogP contribution in [0.5, 0.6) is 0 Å². The number of unbranched alkanes of at least 4 members (excludes halogenated alkanes) is 1. The molecule has 0 rings (SSSR count). The summed E-state index contributed by atoms with van der Waals surface area (Å²) in [4.78, 5) is 31.3. The first-order chi connectivity index (χ1) is 5.57. The van der Waals surface area contributed by atoms with Crippen LogP contribution in [0.2, 0.25) is 0 Å². The summed E-state index contributed by atoms with van der Waals surface area (Å²) in [5.74, 6) is -2.83. The maximum atomic E-state index is 10.8. The quantitative estimate of drug-likeness (QED) is 0.534. The van der Waals surface area contributed by atoms with Crippen LogP contribution in [0.1, 0.15) is 32.6 Å². The van der Waals surface area contributed by atoms with Crippen LogP contribution in [0, 0.1) is 0 Å². The number of hydrogen-bond acceptors (Lipinski definition) is 3. The molecule has 0 unspecified atom stereocenters. The first kappa shape index (κ1) is 14.8. The molecule has 0 heterocycles. The van der Waals surface area contributed by atoms with Gasteiger partial charge < -0.3 is 5.11 Å². The van der Waals surface area contributed by atoms with Crippen LogP contribution < -0.4 is 0 Å². The predicted octanol–water partition coefficient (Wildman–Crippen LogP) is 0.787. The van der Waals surface area contributed by atoms with Gasteiger partial charge in [-0.3, -0.25) is 9.59 Å². The van der Waals surface area contributed by atoms with Gasteiger partial charge >= 0.3 is 5.97 Å². The number of carboxylic acid groups (broad SMARTS) is 1. The smallest absolute Gasteiger partial charge is 0.372 e. The number of carbonyl (C=O) groups is 3. The second kappa shape index (κ2) is 7.96. The molecule has 0 aromatic rings. The maximum Gasteiger partial charge on any atom is 0.372 e. The molecular weight excluding hydrogens is 212 g/mol. The summed E-state index contributed by atoms with van der Waals surface area (Å²) in [6.45, 7) is 1.92. The molecule has 13 heavy (non-hydrogen) atoms. The van der Waals surface area contributed by atoms with Crippen molar-refractivity contribution in [2.45, 2.75) is 32.6 Å². The average Bonchev–Trinajstić information content (AvgIpc) is 2.00. The summed E-state index contributed by atoms with van der Waals surface area (Å²) < 4.78 is 0. The van der Waals surface area contributed by atoms with Gasteiger partial charge in [-0.05, 0) is 6.42 Å². The molecule has 4 nitrogen and oxygen atoms in total. The van der Waals surface area contributed by atoms with Crippen molar-refractivity contribution in [3.05, 3.63) is 0 Å². The van der Waals surface area contributed by atoms with E-state index in [2.05, 4.69) is 0 Å². The van der Waals surface area contributed by atoms with Gasteiger partial charge in [0.2, 0.25) is 5.78 Å². The third kappa shape index (κ3) is 7.70. The van der Waals surface area contributed by atoms with Crippen molar-refractivity contribution in [1.29, 1.82) is 0 Å². The van der Waals surface area contributed by atoms with E-state index in [0.717, 1.165) is 6.42 Å². The van der Waals surface area contributed by atoms with Crippen molar-refractivity contribution >= 4 is 17.5 Å². The van der Waals surface area contributed by atoms with Gasteiger partial charge in [-0.2, -0.15) is 0 Å². The number of ketones is 2. The molecule has 74 valence electrons. The summed E-state index contributed by atoms with van der Waals surface area (Å²) in [6, 6.07) is 0. The second-order valence-electron chi connectivity index (χ2n) is 2.55. The Morgan fingerprint density at radius 3 is 2.15 bits per heavy atom. The third-order valence-corrected chi connectivity index (χ3v) is 1.41. The van der Waals surface area contributed by atoms with Gasteiger partial charge in [0.15, 0.2) is 0 Å². The van der Waals surface area contributed by atoms with Crippen LogP contribution in [0.3, 0.4) is 0 Å². The molecule has 0 radical (unpaired) electrons. The molecule has 0 amide bonds. The number of carbonyl (C=O) groups excluding carboxylic acids is 2. The molecule has 5 heteroatoms. The van der Waals surface area contributed by atoms with Gasteiger partial charge in [-0.25, -0.2) is 4.79 Å². The normalized spacial score (nSPS) is 8.69. The summed E-state index contributed by atoms with van der Waals surface area (Å²) in [5, 5.41) is 8.15. The summed E-state index contributed by atoms with van der Waals surface area (Å²) in [7, 11) is 0. The van der Waals surface area contributed by atoms with Crippen LogP contribution >= 0.6 is 0 Å². The molecule has 0 fully saturated rings. The summed E-state index contributed by atoms with van der Waals surface area (Å²) in [5.41, 5.74) is 0. The third-order valence-electron chi connectivity index (χ3n) is 1.41. The number of aliphatic carboxylic acids is 1. The SMILES string of the molecule is CCCCC(=O)CC(=O)C(=O)O.[Cr]. The maximum absolute atomic E-state index is 10.8. The summed E-state index contributed by atoms with van der Waals surface area (Å²) >= 11 is 0. The van der Waals surface area contributed by atoms with E-state index in [1.807, 2.05) is 6.92 Å². The van der Waals surface area contributed by atoms with Crippen LogP contribution in [0.4, 0.5) is 0 Å². The molecule has 0 bridgehead atoms. The van der Waals surface area contributed by atoms with Gasteiger partial charge in [-0.15, -0.1) is 0 Å². The molecule has 0 aliphatic rings. The summed E-state index contributed by atoms with van der Waals surface area (Å²) in [6.07, 6.45) is 1.42. The van der Waals surface area contributed by atoms with Crippen molar-refractivity contribution in [2.24, 2.45) is 0 Å². The molecule has 0 aliphatic carbocycles. The van der Waals surface area contributed by atoms with Gasteiger partial charge in [0.05, 0.1) is 6.42 Å². The van der Waals surface area contributed by atoms with E-state index < -0.39 is 18.2 Å². The molecule has 0 spiro atoms. The first-order valence-corrected chi connectivity index (χ1v) is 3.85. The molecule has 0 saturated carbocycles. The zero-order chi connectivity index (χ0) is 9.56. The molecule has 0 aromatic heterocycles. The van der Waals surface area contributed by atoms with E-state index in [0.29, 0.717) is 12.8 Å².